The van der Waals surface area contributed by atoms with Gasteiger partial charge in [0, 0.05) is 33.4 Å². The minimum atomic E-state index is 0.134. The summed E-state index contributed by atoms with van der Waals surface area (Å²) >= 11 is 0. The van der Waals surface area contributed by atoms with Gasteiger partial charge in [-0.3, -0.25) is 0 Å². The van der Waals surface area contributed by atoms with Gasteiger partial charge in [-0.1, -0.05) is 223 Å². The van der Waals surface area contributed by atoms with Crippen LogP contribution in [0.4, 0.5) is 0 Å². The zero-order chi connectivity index (χ0) is 107. The molecule has 6 aromatic heterocycles. The highest BCUT2D eigenvalue weighted by Gasteiger charge is 2.30. The number of aryl methyl sites for hydroxylation is 16. The van der Waals surface area contributed by atoms with Crippen molar-refractivity contribution < 1.29 is 27.4 Å². The van der Waals surface area contributed by atoms with Crippen molar-refractivity contribution in [2.45, 2.75) is 268 Å². The normalized spacial score (nSPS) is 12.2. The molecule has 19 aromatic rings. The van der Waals surface area contributed by atoms with Crippen molar-refractivity contribution in [2.75, 3.05) is 0 Å². The van der Waals surface area contributed by atoms with Crippen molar-refractivity contribution in [1.29, 1.82) is 0 Å². The number of rotatable bonds is 14. The van der Waals surface area contributed by atoms with Crippen LogP contribution in [0.5, 0.6) is 0 Å². The molecule has 12 nitrogen and oxygen atoms in total. The third-order valence-electron chi connectivity index (χ3n) is 31.2. The van der Waals surface area contributed by atoms with Crippen LogP contribution in [-0.4, -0.2) is 29.9 Å². The lowest BCUT2D eigenvalue weighted by atomic mass is 9.80. The van der Waals surface area contributed by atoms with Crippen molar-refractivity contribution in [3.05, 3.63) is 378 Å². The number of benzene rings is 13. The third-order valence-corrected chi connectivity index (χ3v) is 31.2. The Hall–Kier alpha value is -14.1. The predicted molar refractivity (Wildman–Crippen MR) is 626 cm³/mol. The van der Waals surface area contributed by atoms with Crippen LogP contribution >= 0.6 is 0 Å². The van der Waals surface area contributed by atoms with Crippen LogP contribution in [0.15, 0.2) is 250 Å². The van der Waals surface area contributed by atoms with E-state index in [0.29, 0.717) is 29.6 Å². The smallest absolute Gasteiger partial charge is 0.232 e. The first-order chi connectivity index (χ1) is 70.7. The third kappa shape index (κ3) is 23.8. The van der Waals surface area contributed by atoms with E-state index in [4.69, 9.17) is 0 Å². The lowest BCUT2D eigenvalue weighted by Gasteiger charge is -2.24. The van der Waals surface area contributed by atoms with Crippen LogP contribution in [-0.2, 0) is 54.1 Å². The number of hydrogen-bond acceptors (Lipinski definition) is 6. The summed E-state index contributed by atoms with van der Waals surface area (Å²) in [5.74, 6) is 3.33. The van der Waals surface area contributed by atoms with Crippen LogP contribution in [0.2, 0.25) is 0 Å². The van der Waals surface area contributed by atoms with Gasteiger partial charge in [0.05, 0.1) is 74.6 Å². The topological polar surface area (TPSA) is 101 Å². The van der Waals surface area contributed by atoms with Gasteiger partial charge in [-0.15, -0.1) is 0 Å². The summed E-state index contributed by atoms with van der Waals surface area (Å²) in [5.41, 5.74) is 55.8. The molecule has 1 aliphatic rings. The van der Waals surface area contributed by atoms with Crippen molar-refractivity contribution in [1.82, 2.24) is 29.9 Å². The molecular weight excluding hydrogens is 1810 g/mol. The first kappa shape index (κ1) is 109. The largest absolute Gasteiger partial charge is 0.287 e. The van der Waals surface area contributed by atoms with Gasteiger partial charge in [0.25, 0.3) is 38.0 Å². The van der Waals surface area contributed by atoms with Crippen LogP contribution in [0.25, 0.3) is 144 Å². The van der Waals surface area contributed by atoms with Crippen molar-refractivity contribution in [3.63, 3.8) is 0 Å². The summed E-state index contributed by atoms with van der Waals surface area (Å²) in [7, 11) is 12.5. The fraction of sp³-hybridized carbons (Fsp3) is 0.343. The molecule has 0 aliphatic heterocycles. The van der Waals surface area contributed by atoms with Crippen molar-refractivity contribution in [3.8, 4) is 78.7 Å². The van der Waals surface area contributed by atoms with Gasteiger partial charge in [0.15, 0.2) is 33.1 Å². The van der Waals surface area contributed by atoms with Crippen LogP contribution in [0.3, 0.4) is 0 Å². The number of fused-ring (bicyclic) bond motifs is 6. The molecule has 0 bridgehead atoms. The van der Waals surface area contributed by atoms with Gasteiger partial charge in [0.1, 0.15) is 34.2 Å². The molecule has 13 aromatic carbocycles. The standard InChI is InChI=1S/C32H39N2.C22H25N2.C22H27N2.2C21H25N2.C19H21N2/c1-19(2)24-15-27(20(3)4)31(28(16-24)21(5)6)25-14-22(7)23(8)29(17-25)32-26-12-10-11-13-30(26)33-18-34(32)9;1-15-12-18(17-8-4-5-9-17)13-20(16(15)2)22-19-10-6-7-11-21(19)23-14-24(22)3;1-14(2)9-18-7-8-19-21(12-18)23-13-24(6)22(19)20-11-15(3)10-16(4)17(20)5;1-13(2)17-7-8-18-20(11-17)22-12-23(6)21(18)19-10-14(3)9-15(4)16(19)5;1-14-11-16(21(3,4)5)12-18(15(14)2)20-17-9-7-8-10-19(17)22-13-23(20)6;1-12-6-7-16-18(10-12)20-11-21(5)19(16)17-9-13(2)8-14(3)15(17)4/h10-21H,1-9H3;6-7,10-14,17H,4-5,8-9H2,1-3H3;7-8,10-14H,9H2,1-6H3;2*7-13H,1-6H3;6-11H,1-5H3/q6*+1. The van der Waals surface area contributed by atoms with Crippen molar-refractivity contribution in [2.24, 2.45) is 48.2 Å². The Morgan fingerprint density at radius 3 is 0.966 bits per heavy atom. The Kier molecular flexibility index (Phi) is 33.6. The molecular formula is C137H162N12+6. The number of nitrogens with zero attached hydrogens (tertiary/aromatic N) is 12. The van der Waals surface area contributed by atoms with E-state index in [1.54, 1.807) is 0 Å². The molecule has 0 N–H and O–H groups in total. The Balaban J connectivity index is 0.000000135. The van der Waals surface area contributed by atoms with Gasteiger partial charge in [-0.05, 0) is 432 Å². The summed E-state index contributed by atoms with van der Waals surface area (Å²) in [5, 5.41) is 7.27. The van der Waals surface area contributed by atoms with E-state index in [1.165, 1.54) is 265 Å². The minimum absolute atomic E-state index is 0.134. The molecule has 764 valence electrons. The monoisotopic (exact) mass is 1980 g/mol. The molecule has 0 atom stereocenters. The molecule has 1 saturated carbocycles. The van der Waals surface area contributed by atoms with E-state index in [1.807, 2.05) is 44.0 Å². The summed E-state index contributed by atoms with van der Waals surface area (Å²) in [6.07, 6.45) is 18.1. The van der Waals surface area contributed by atoms with E-state index >= 15 is 0 Å². The highest BCUT2D eigenvalue weighted by atomic mass is 15.0. The van der Waals surface area contributed by atoms with Gasteiger partial charge < -0.3 is 0 Å². The second-order valence-corrected chi connectivity index (χ2v) is 45.7. The quantitative estimate of drug-likeness (QED) is 0.101. The van der Waals surface area contributed by atoms with Gasteiger partial charge >= 0.3 is 0 Å². The highest BCUT2D eigenvalue weighted by molar-refractivity contribution is 5.98. The highest BCUT2D eigenvalue weighted by Crippen LogP contribution is 2.45. The molecule has 149 heavy (non-hydrogen) atoms. The predicted octanol–water partition coefficient (Wildman–Crippen LogP) is 31.6. The molecule has 0 amide bonds. The molecule has 0 radical (unpaired) electrons. The molecule has 0 spiro atoms. The average molecular weight is 1980 g/mol. The van der Waals surface area contributed by atoms with Gasteiger partial charge in [-0.2, -0.15) is 0 Å². The summed E-state index contributed by atoms with van der Waals surface area (Å²) in [6, 6.07) is 78.1. The Morgan fingerprint density at radius 1 is 0.275 bits per heavy atom. The molecule has 6 heterocycles. The zero-order valence-corrected chi connectivity index (χ0v) is 96.0. The lowest BCUT2D eigenvalue weighted by molar-refractivity contribution is -0.662. The maximum absolute atomic E-state index is 4.67. The van der Waals surface area contributed by atoms with E-state index in [0.717, 1.165) is 45.4 Å². The second kappa shape index (κ2) is 45.9. The Morgan fingerprint density at radius 2 is 0.591 bits per heavy atom. The maximum Gasteiger partial charge on any atom is 0.287 e. The van der Waals surface area contributed by atoms with Crippen LogP contribution in [0, 0.1) is 117 Å². The van der Waals surface area contributed by atoms with Gasteiger partial charge in [-0.25, -0.2) is 27.4 Å². The SMILES string of the molecule is Cc1cc(-c2c(C(C)C)cc(C(C)C)cc2C(C)C)cc(-c2c3ccccc3nc[n+]2C)c1C.Cc1cc(C(C)(C)C)cc(-c2c3ccccc3nc[n+]2C)c1C.Cc1cc(C)c(C)c(-c2c3ccc(C(C)C)cc3nc[n+]2C)c1.Cc1cc(C)c(C)c(-c2c3ccc(C)cc3nc[n+]2C)c1.Cc1cc(C)c(C)c(-c2c3ccc(CC(C)C)cc3nc[n+]2C)c1.Cc1cc(C2CCCC2)cc(-c2c3ccccc3nc[n+]2C)c1C. The minimum Gasteiger partial charge on any atom is -0.232 e. The van der Waals surface area contributed by atoms with E-state index in [-0.39, 0.29) is 5.41 Å². The summed E-state index contributed by atoms with van der Waals surface area (Å²) in [6.45, 7) is 64.8. The molecule has 1 fully saturated rings. The van der Waals surface area contributed by atoms with Crippen LogP contribution < -0.4 is 27.4 Å². The fourth-order valence-electron chi connectivity index (χ4n) is 22.0. The molecule has 1 aliphatic carbocycles. The molecule has 20 rings (SSSR count). The second-order valence-electron chi connectivity index (χ2n) is 45.7. The molecule has 0 saturated heterocycles. The maximum atomic E-state index is 4.67. The fourth-order valence-corrected chi connectivity index (χ4v) is 22.0. The summed E-state index contributed by atoms with van der Waals surface area (Å²) < 4.78 is 12.9. The van der Waals surface area contributed by atoms with E-state index < -0.39 is 0 Å². The van der Waals surface area contributed by atoms with Crippen molar-refractivity contribution >= 4 is 65.4 Å². The van der Waals surface area contributed by atoms with E-state index in [9.17, 15) is 0 Å². The average Bonchev–Trinajstić information content (AvgIpc) is 0.840. The Bertz CT molecular complexity index is 8250. The van der Waals surface area contributed by atoms with E-state index in [2.05, 4.69) is 507 Å². The lowest BCUT2D eigenvalue weighted by Crippen LogP contribution is -2.32. The molecule has 12 heteroatoms. The summed E-state index contributed by atoms with van der Waals surface area (Å²) in [4.78, 5) is 27.7. The van der Waals surface area contributed by atoms with Crippen LogP contribution in [0.1, 0.15) is 273 Å². The first-order valence-corrected chi connectivity index (χ1v) is 54.0. The number of aromatic nitrogens is 12. The zero-order valence-electron chi connectivity index (χ0n) is 96.0. The molecule has 0 unspecified atom stereocenters. The first-order valence-electron chi connectivity index (χ1n) is 54.0. The number of hydrogen-bond donors (Lipinski definition) is 0. The Labute approximate surface area is 889 Å². The van der Waals surface area contributed by atoms with Gasteiger partial charge in [0.2, 0.25) is 0 Å². The number of para-hydroxylation sites is 3.